The van der Waals surface area contributed by atoms with Crippen LogP contribution < -0.4 is 4.74 Å². The first-order chi connectivity index (χ1) is 9.87. The SMILES string of the molecule is C#Cc1ccc(Oc2cnn(C(=O)OC(C)(C)C)c2)cc1. The van der Waals surface area contributed by atoms with Crippen molar-refractivity contribution in [3.05, 3.63) is 42.2 Å². The van der Waals surface area contributed by atoms with Crippen LogP contribution in [0.4, 0.5) is 4.79 Å². The summed E-state index contributed by atoms with van der Waals surface area (Å²) in [5, 5.41) is 3.91. The van der Waals surface area contributed by atoms with E-state index in [0.29, 0.717) is 11.5 Å². The molecule has 0 spiro atoms. The Morgan fingerprint density at radius 3 is 2.48 bits per heavy atom. The quantitative estimate of drug-likeness (QED) is 0.793. The van der Waals surface area contributed by atoms with Crippen molar-refractivity contribution in [1.29, 1.82) is 0 Å². The third-order valence-electron chi connectivity index (χ3n) is 2.40. The van der Waals surface area contributed by atoms with Gasteiger partial charge in [0, 0.05) is 5.56 Å². The molecular weight excluding hydrogens is 268 g/mol. The third kappa shape index (κ3) is 4.11. The van der Waals surface area contributed by atoms with Crippen LogP contribution in [-0.2, 0) is 4.74 Å². The fourth-order valence-corrected chi connectivity index (χ4v) is 1.52. The van der Waals surface area contributed by atoms with Crippen molar-refractivity contribution >= 4 is 6.09 Å². The van der Waals surface area contributed by atoms with Gasteiger partial charge in [0.2, 0.25) is 0 Å². The zero-order chi connectivity index (χ0) is 15.5. The molecule has 0 amide bonds. The summed E-state index contributed by atoms with van der Waals surface area (Å²) < 4.78 is 11.9. The Labute approximate surface area is 123 Å². The predicted molar refractivity (Wildman–Crippen MR) is 78.3 cm³/mol. The molecule has 0 aliphatic rings. The van der Waals surface area contributed by atoms with Gasteiger partial charge in [0.25, 0.3) is 0 Å². The summed E-state index contributed by atoms with van der Waals surface area (Å²) in [6.07, 6.45) is 7.63. The van der Waals surface area contributed by atoms with Gasteiger partial charge < -0.3 is 9.47 Å². The van der Waals surface area contributed by atoms with Crippen LogP contribution >= 0.6 is 0 Å². The van der Waals surface area contributed by atoms with Crippen LogP contribution in [0.15, 0.2) is 36.7 Å². The molecule has 0 aliphatic heterocycles. The minimum absolute atomic E-state index is 0.439. The molecule has 1 heterocycles. The van der Waals surface area contributed by atoms with Crippen molar-refractivity contribution in [2.45, 2.75) is 26.4 Å². The molecule has 1 aromatic carbocycles. The Morgan fingerprint density at radius 1 is 1.24 bits per heavy atom. The van der Waals surface area contributed by atoms with Gasteiger partial charge in [-0.15, -0.1) is 6.42 Å². The van der Waals surface area contributed by atoms with Gasteiger partial charge >= 0.3 is 6.09 Å². The highest BCUT2D eigenvalue weighted by molar-refractivity contribution is 5.70. The summed E-state index contributed by atoms with van der Waals surface area (Å²) >= 11 is 0. The molecule has 2 rings (SSSR count). The largest absolute Gasteiger partial charge is 0.454 e. The Hall–Kier alpha value is -2.74. The molecule has 2 aromatic rings. The Balaban J connectivity index is 2.06. The van der Waals surface area contributed by atoms with Gasteiger partial charge in [0.15, 0.2) is 5.75 Å². The van der Waals surface area contributed by atoms with Crippen molar-refractivity contribution in [2.24, 2.45) is 0 Å². The van der Waals surface area contributed by atoms with Crippen LogP contribution in [0.1, 0.15) is 26.3 Å². The number of carbonyl (C=O) groups excluding carboxylic acids is 1. The number of aromatic nitrogens is 2. The Morgan fingerprint density at radius 2 is 1.90 bits per heavy atom. The summed E-state index contributed by atoms with van der Waals surface area (Å²) in [6, 6.07) is 7.04. The average Bonchev–Trinajstić information content (AvgIpc) is 2.86. The first-order valence-electron chi connectivity index (χ1n) is 6.40. The maximum atomic E-state index is 11.8. The molecule has 0 aliphatic carbocycles. The molecule has 1 aromatic heterocycles. The predicted octanol–water partition coefficient (Wildman–Crippen LogP) is 3.44. The van der Waals surface area contributed by atoms with E-state index in [2.05, 4.69) is 11.0 Å². The molecule has 0 atom stereocenters. The lowest BCUT2D eigenvalue weighted by Crippen LogP contribution is -2.27. The van der Waals surface area contributed by atoms with E-state index in [1.54, 1.807) is 45.0 Å². The van der Waals surface area contributed by atoms with Crippen LogP contribution in [0.25, 0.3) is 0 Å². The number of benzene rings is 1. The molecule has 0 radical (unpaired) electrons. The number of nitrogens with zero attached hydrogens (tertiary/aromatic N) is 2. The van der Waals surface area contributed by atoms with Crippen molar-refractivity contribution in [1.82, 2.24) is 9.78 Å². The van der Waals surface area contributed by atoms with Crippen molar-refractivity contribution in [3.8, 4) is 23.8 Å². The standard InChI is InChI=1S/C16H16N2O3/c1-5-12-6-8-13(9-7-12)20-14-10-17-18(11-14)15(19)21-16(2,3)4/h1,6-11H,2-4H3. The zero-order valence-corrected chi connectivity index (χ0v) is 12.2. The van der Waals surface area contributed by atoms with Gasteiger partial charge in [-0.1, -0.05) is 5.92 Å². The monoisotopic (exact) mass is 284 g/mol. The molecule has 21 heavy (non-hydrogen) atoms. The first-order valence-corrected chi connectivity index (χ1v) is 6.40. The smallest absolute Gasteiger partial charge is 0.435 e. The zero-order valence-electron chi connectivity index (χ0n) is 12.2. The lowest BCUT2D eigenvalue weighted by molar-refractivity contribution is 0.0514. The van der Waals surface area contributed by atoms with Crippen LogP contribution in [0.5, 0.6) is 11.5 Å². The van der Waals surface area contributed by atoms with Gasteiger partial charge in [-0.25, -0.2) is 4.79 Å². The van der Waals surface area contributed by atoms with Crippen molar-refractivity contribution < 1.29 is 14.3 Å². The molecule has 0 saturated heterocycles. The molecular formula is C16H16N2O3. The molecule has 0 unspecified atom stereocenters. The third-order valence-corrected chi connectivity index (χ3v) is 2.40. The van der Waals surface area contributed by atoms with E-state index in [-0.39, 0.29) is 0 Å². The summed E-state index contributed by atoms with van der Waals surface area (Å²) in [5.41, 5.74) is 0.196. The van der Waals surface area contributed by atoms with Gasteiger partial charge in [-0.05, 0) is 45.0 Å². The van der Waals surface area contributed by atoms with Crippen LogP contribution in [0.3, 0.4) is 0 Å². The number of hydrogen-bond acceptors (Lipinski definition) is 4. The van der Waals surface area contributed by atoms with Crippen LogP contribution in [0, 0.1) is 12.3 Å². The average molecular weight is 284 g/mol. The van der Waals surface area contributed by atoms with Gasteiger partial charge in [0.1, 0.15) is 11.4 Å². The van der Waals surface area contributed by atoms with Crippen molar-refractivity contribution in [3.63, 3.8) is 0 Å². The summed E-state index contributed by atoms with van der Waals surface area (Å²) in [7, 11) is 0. The van der Waals surface area contributed by atoms with Gasteiger partial charge in [-0.3, -0.25) is 0 Å². The Kier molecular flexibility index (Phi) is 3.99. The molecule has 5 nitrogen and oxygen atoms in total. The maximum Gasteiger partial charge on any atom is 0.435 e. The lowest BCUT2D eigenvalue weighted by Gasteiger charge is -2.18. The highest BCUT2D eigenvalue weighted by Crippen LogP contribution is 2.21. The van der Waals surface area contributed by atoms with Crippen LogP contribution in [0.2, 0.25) is 0 Å². The van der Waals surface area contributed by atoms with E-state index in [1.165, 1.54) is 12.4 Å². The normalized spacial score (nSPS) is 10.8. The topological polar surface area (TPSA) is 53.4 Å². The summed E-state index contributed by atoms with van der Waals surface area (Å²) in [5.74, 6) is 3.57. The second-order valence-electron chi connectivity index (χ2n) is 5.37. The molecule has 0 fully saturated rings. The van der Waals surface area contributed by atoms with E-state index in [1.807, 2.05) is 0 Å². The maximum absolute atomic E-state index is 11.8. The number of carbonyl (C=O) groups is 1. The van der Waals surface area contributed by atoms with Crippen LogP contribution in [-0.4, -0.2) is 21.5 Å². The summed E-state index contributed by atoms with van der Waals surface area (Å²) in [4.78, 5) is 11.8. The number of hydrogen-bond donors (Lipinski definition) is 0. The second-order valence-corrected chi connectivity index (χ2v) is 5.37. The van der Waals surface area contributed by atoms with E-state index < -0.39 is 11.7 Å². The highest BCUT2D eigenvalue weighted by atomic mass is 16.6. The van der Waals surface area contributed by atoms with Gasteiger partial charge in [-0.2, -0.15) is 9.78 Å². The summed E-state index contributed by atoms with van der Waals surface area (Å²) in [6.45, 7) is 5.37. The first kappa shape index (κ1) is 14.7. The fourth-order valence-electron chi connectivity index (χ4n) is 1.52. The molecule has 5 heteroatoms. The van der Waals surface area contributed by atoms with E-state index in [4.69, 9.17) is 15.9 Å². The van der Waals surface area contributed by atoms with Crippen molar-refractivity contribution in [2.75, 3.05) is 0 Å². The highest BCUT2D eigenvalue weighted by Gasteiger charge is 2.18. The van der Waals surface area contributed by atoms with E-state index >= 15 is 0 Å². The van der Waals surface area contributed by atoms with E-state index in [0.717, 1.165) is 10.2 Å². The minimum Gasteiger partial charge on any atom is -0.454 e. The minimum atomic E-state index is -0.574. The molecule has 0 saturated carbocycles. The fraction of sp³-hybridized carbons (Fsp3) is 0.250. The number of rotatable bonds is 2. The Bertz CT molecular complexity index is 673. The number of ether oxygens (including phenoxy) is 2. The molecule has 108 valence electrons. The van der Waals surface area contributed by atoms with E-state index in [9.17, 15) is 4.79 Å². The van der Waals surface area contributed by atoms with Gasteiger partial charge in [0.05, 0.1) is 12.4 Å². The number of terminal acetylenes is 1. The molecule has 0 N–H and O–H groups in total. The molecule has 0 bridgehead atoms. The lowest BCUT2D eigenvalue weighted by atomic mass is 10.2. The second kappa shape index (κ2) is 5.71.